The minimum absolute atomic E-state index is 0.302. The number of aliphatic hydroxyl groups is 1. The van der Waals surface area contributed by atoms with E-state index in [9.17, 15) is 0 Å². The highest BCUT2D eigenvalue weighted by Gasteiger charge is 2.21. The molecular weight excluding hydrogens is 164 g/mol. The lowest BCUT2D eigenvalue weighted by Gasteiger charge is -2.33. The monoisotopic (exact) mass is 186 g/mol. The highest BCUT2D eigenvalue weighted by molar-refractivity contribution is 4.79. The molecule has 0 radical (unpaired) electrons. The average Bonchev–Trinajstić information content (AvgIpc) is 2.15. The largest absolute Gasteiger partial charge is 0.396 e. The van der Waals surface area contributed by atoms with Gasteiger partial charge in [-0.3, -0.25) is 0 Å². The molecule has 78 valence electrons. The second-order valence-electron chi connectivity index (χ2n) is 4.13. The van der Waals surface area contributed by atoms with Gasteiger partial charge in [-0.1, -0.05) is 0 Å². The van der Waals surface area contributed by atoms with E-state index in [0.29, 0.717) is 18.7 Å². The van der Waals surface area contributed by atoms with Crippen molar-refractivity contribution in [1.82, 2.24) is 4.90 Å². The lowest BCUT2D eigenvalue weighted by molar-refractivity contribution is 0.166. The molecule has 1 aliphatic carbocycles. The van der Waals surface area contributed by atoms with Crippen LogP contribution in [0.3, 0.4) is 0 Å². The van der Waals surface area contributed by atoms with E-state index < -0.39 is 0 Å². The molecule has 3 N–H and O–H groups in total. The number of rotatable bonds is 4. The van der Waals surface area contributed by atoms with Gasteiger partial charge in [-0.15, -0.1) is 0 Å². The van der Waals surface area contributed by atoms with Gasteiger partial charge in [-0.25, -0.2) is 0 Å². The Kier molecular flexibility index (Phi) is 4.70. The Morgan fingerprint density at radius 1 is 1.31 bits per heavy atom. The number of hydrogen-bond donors (Lipinski definition) is 2. The molecule has 0 amide bonds. The van der Waals surface area contributed by atoms with Crippen molar-refractivity contribution >= 4 is 0 Å². The molecule has 0 aliphatic heterocycles. The van der Waals surface area contributed by atoms with Gasteiger partial charge < -0.3 is 15.7 Å². The average molecular weight is 186 g/mol. The van der Waals surface area contributed by atoms with Crippen LogP contribution in [-0.4, -0.2) is 42.3 Å². The van der Waals surface area contributed by atoms with E-state index in [1.165, 1.54) is 12.8 Å². The molecule has 0 spiro atoms. The summed E-state index contributed by atoms with van der Waals surface area (Å²) in [5.41, 5.74) is 5.84. The zero-order chi connectivity index (χ0) is 9.68. The van der Waals surface area contributed by atoms with Crippen LogP contribution in [0.4, 0.5) is 0 Å². The third-order valence-corrected chi connectivity index (χ3v) is 3.03. The maximum Gasteiger partial charge on any atom is 0.0443 e. The number of hydrogen-bond acceptors (Lipinski definition) is 3. The Bertz CT molecular complexity index is 133. The summed E-state index contributed by atoms with van der Waals surface area (Å²) in [5.74, 6) is 0. The summed E-state index contributed by atoms with van der Waals surface area (Å²) in [4.78, 5) is 2.36. The molecule has 1 saturated carbocycles. The Morgan fingerprint density at radius 3 is 2.46 bits per heavy atom. The summed E-state index contributed by atoms with van der Waals surface area (Å²) < 4.78 is 0. The molecule has 0 heterocycles. The Morgan fingerprint density at radius 2 is 1.92 bits per heavy atom. The van der Waals surface area contributed by atoms with Crippen molar-refractivity contribution < 1.29 is 5.11 Å². The van der Waals surface area contributed by atoms with Gasteiger partial charge in [0.15, 0.2) is 0 Å². The molecular formula is C10H22N2O. The van der Waals surface area contributed by atoms with Gasteiger partial charge in [0, 0.05) is 25.2 Å². The van der Waals surface area contributed by atoms with Gasteiger partial charge in [0.2, 0.25) is 0 Å². The zero-order valence-electron chi connectivity index (χ0n) is 8.58. The van der Waals surface area contributed by atoms with Gasteiger partial charge in [-0.05, 0) is 39.2 Å². The van der Waals surface area contributed by atoms with Gasteiger partial charge in [0.25, 0.3) is 0 Å². The van der Waals surface area contributed by atoms with Crippen molar-refractivity contribution in [3.8, 4) is 0 Å². The third kappa shape index (κ3) is 3.63. The van der Waals surface area contributed by atoms with Crippen molar-refractivity contribution in [2.75, 3.05) is 20.2 Å². The van der Waals surface area contributed by atoms with E-state index in [2.05, 4.69) is 11.9 Å². The molecule has 0 aromatic heterocycles. The standard InChI is InChI=1S/C10H22N2O/c1-12(7-2-8-13)10-5-3-9(11)4-6-10/h9-10,13H,2-8,11H2,1H3. The van der Waals surface area contributed by atoms with Crippen molar-refractivity contribution in [1.29, 1.82) is 0 Å². The first kappa shape index (κ1) is 11.0. The highest BCUT2D eigenvalue weighted by Crippen LogP contribution is 2.20. The Hall–Kier alpha value is -0.120. The predicted octanol–water partition coefficient (Wildman–Crippen LogP) is 0.570. The molecule has 3 heteroatoms. The maximum absolute atomic E-state index is 8.71. The summed E-state index contributed by atoms with van der Waals surface area (Å²) in [7, 11) is 2.15. The van der Waals surface area contributed by atoms with Crippen LogP contribution in [0.5, 0.6) is 0 Å². The van der Waals surface area contributed by atoms with E-state index in [4.69, 9.17) is 10.8 Å². The molecule has 0 aromatic carbocycles. The van der Waals surface area contributed by atoms with Gasteiger partial charge in [0.05, 0.1) is 0 Å². The van der Waals surface area contributed by atoms with E-state index in [0.717, 1.165) is 25.8 Å². The second kappa shape index (κ2) is 5.58. The summed E-state index contributed by atoms with van der Waals surface area (Å²) in [6, 6.07) is 1.13. The van der Waals surface area contributed by atoms with Crippen molar-refractivity contribution in [3.05, 3.63) is 0 Å². The van der Waals surface area contributed by atoms with E-state index in [-0.39, 0.29) is 0 Å². The first-order valence-electron chi connectivity index (χ1n) is 5.30. The molecule has 13 heavy (non-hydrogen) atoms. The van der Waals surface area contributed by atoms with Crippen LogP contribution in [0.2, 0.25) is 0 Å². The lowest BCUT2D eigenvalue weighted by atomic mass is 9.91. The van der Waals surface area contributed by atoms with Crippen molar-refractivity contribution in [2.45, 2.75) is 44.2 Å². The number of aliphatic hydroxyl groups excluding tert-OH is 1. The third-order valence-electron chi connectivity index (χ3n) is 3.03. The quantitative estimate of drug-likeness (QED) is 0.675. The zero-order valence-corrected chi connectivity index (χ0v) is 8.58. The first-order chi connectivity index (χ1) is 6.24. The molecule has 0 unspecified atom stereocenters. The Labute approximate surface area is 80.9 Å². The van der Waals surface area contributed by atoms with E-state index in [1.807, 2.05) is 0 Å². The molecule has 0 atom stereocenters. The molecule has 1 fully saturated rings. The maximum atomic E-state index is 8.71. The fourth-order valence-electron chi connectivity index (χ4n) is 2.05. The highest BCUT2D eigenvalue weighted by atomic mass is 16.3. The summed E-state index contributed by atoms with van der Waals surface area (Å²) >= 11 is 0. The van der Waals surface area contributed by atoms with Crippen LogP contribution in [0.15, 0.2) is 0 Å². The minimum Gasteiger partial charge on any atom is -0.396 e. The second-order valence-corrected chi connectivity index (χ2v) is 4.13. The van der Waals surface area contributed by atoms with Crippen LogP contribution in [-0.2, 0) is 0 Å². The summed E-state index contributed by atoms with van der Waals surface area (Å²) in [5, 5.41) is 8.71. The van der Waals surface area contributed by atoms with Crippen LogP contribution in [0.25, 0.3) is 0 Å². The topological polar surface area (TPSA) is 49.5 Å². The molecule has 0 aromatic rings. The van der Waals surface area contributed by atoms with Gasteiger partial charge in [-0.2, -0.15) is 0 Å². The number of nitrogens with two attached hydrogens (primary N) is 1. The fraction of sp³-hybridized carbons (Fsp3) is 1.00. The van der Waals surface area contributed by atoms with Crippen LogP contribution >= 0.6 is 0 Å². The minimum atomic E-state index is 0.302. The van der Waals surface area contributed by atoms with Gasteiger partial charge >= 0.3 is 0 Å². The van der Waals surface area contributed by atoms with Crippen LogP contribution < -0.4 is 5.73 Å². The molecule has 1 aliphatic rings. The lowest BCUT2D eigenvalue weighted by Crippen LogP contribution is -2.39. The molecule has 0 bridgehead atoms. The SMILES string of the molecule is CN(CCCO)C1CCC(N)CC1. The van der Waals surface area contributed by atoms with Crippen molar-refractivity contribution in [3.63, 3.8) is 0 Å². The van der Waals surface area contributed by atoms with Crippen LogP contribution in [0.1, 0.15) is 32.1 Å². The Balaban J connectivity index is 2.19. The van der Waals surface area contributed by atoms with Crippen LogP contribution in [0, 0.1) is 0 Å². The van der Waals surface area contributed by atoms with Gasteiger partial charge in [0.1, 0.15) is 0 Å². The fourth-order valence-corrected chi connectivity index (χ4v) is 2.05. The molecule has 3 nitrogen and oxygen atoms in total. The molecule has 1 rings (SSSR count). The summed E-state index contributed by atoms with van der Waals surface area (Å²) in [6.45, 7) is 1.31. The smallest absolute Gasteiger partial charge is 0.0443 e. The first-order valence-corrected chi connectivity index (χ1v) is 5.30. The predicted molar refractivity (Wildman–Crippen MR) is 54.6 cm³/mol. The van der Waals surface area contributed by atoms with E-state index in [1.54, 1.807) is 0 Å². The normalized spacial score (nSPS) is 29.5. The number of nitrogens with zero attached hydrogens (tertiary/aromatic N) is 1. The molecule has 0 saturated heterocycles. The van der Waals surface area contributed by atoms with Crippen molar-refractivity contribution in [2.24, 2.45) is 5.73 Å². The van der Waals surface area contributed by atoms with E-state index >= 15 is 0 Å². The summed E-state index contributed by atoms with van der Waals surface area (Å²) in [6.07, 6.45) is 5.66.